The molecule has 0 amide bonds. The summed E-state index contributed by atoms with van der Waals surface area (Å²) in [5.41, 5.74) is 0. The molecule has 1 aromatic heterocycles. The fourth-order valence-corrected chi connectivity index (χ4v) is 2.16. The molecule has 6 nitrogen and oxygen atoms in total. The summed E-state index contributed by atoms with van der Waals surface area (Å²) in [5.74, 6) is -0.694. The minimum Gasteiger partial charge on any atom is -0.480 e. The summed E-state index contributed by atoms with van der Waals surface area (Å²) in [6.45, 7) is 0.539. The van der Waals surface area contributed by atoms with Gasteiger partial charge in [0.2, 0.25) is 0 Å². The van der Waals surface area contributed by atoms with Crippen LogP contribution in [0.2, 0.25) is 0 Å². The van der Waals surface area contributed by atoms with Crippen LogP contribution in [0.15, 0.2) is 16.9 Å². The van der Waals surface area contributed by atoms with E-state index in [-0.39, 0.29) is 5.82 Å². The van der Waals surface area contributed by atoms with Crippen LogP contribution in [0.25, 0.3) is 0 Å². The highest BCUT2D eigenvalue weighted by molar-refractivity contribution is 9.10. The van der Waals surface area contributed by atoms with E-state index in [0.29, 0.717) is 17.4 Å². The molecule has 17 heavy (non-hydrogen) atoms. The molecule has 1 fully saturated rings. The highest BCUT2D eigenvalue weighted by atomic mass is 79.9. The van der Waals surface area contributed by atoms with Crippen molar-refractivity contribution in [2.45, 2.75) is 25.1 Å². The zero-order chi connectivity index (χ0) is 12.4. The molecule has 2 atom stereocenters. The van der Waals surface area contributed by atoms with Gasteiger partial charge in [-0.25, -0.2) is 9.97 Å². The summed E-state index contributed by atoms with van der Waals surface area (Å²) in [6.07, 6.45) is 3.29. The molecule has 0 radical (unpaired) electrons. The van der Waals surface area contributed by atoms with Gasteiger partial charge >= 0.3 is 5.97 Å². The van der Waals surface area contributed by atoms with Crippen LogP contribution in [0.3, 0.4) is 0 Å². The average Bonchev–Trinajstić information content (AvgIpc) is 2.78. The van der Waals surface area contributed by atoms with Gasteiger partial charge in [0.25, 0.3) is 0 Å². The summed E-state index contributed by atoms with van der Waals surface area (Å²) in [5, 5.41) is 19.1. The quantitative estimate of drug-likeness (QED) is 0.858. The highest BCUT2D eigenvalue weighted by Crippen LogP contribution is 2.26. The van der Waals surface area contributed by atoms with Crippen LogP contribution < -0.4 is 0 Å². The van der Waals surface area contributed by atoms with Crippen molar-refractivity contribution in [3.8, 4) is 0 Å². The van der Waals surface area contributed by atoms with Crippen molar-refractivity contribution in [2.75, 3.05) is 6.54 Å². The summed E-state index contributed by atoms with van der Waals surface area (Å²) in [6, 6.07) is -0.655. The third kappa shape index (κ3) is 2.62. The molecule has 1 unspecified atom stereocenters. The first-order chi connectivity index (χ1) is 8.09. The van der Waals surface area contributed by atoms with Crippen LogP contribution in [0.1, 0.15) is 24.9 Å². The van der Waals surface area contributed by atoms with Crippen LogP contribution in [0.5, 0.6) is 0 Å². The number of carboxylic acids is 1. The Hall–Kier alpha value is -1.05. The molecule has 7 heteroatoms. The van der Waals surface area contributed by atoms with Crippen molar-refractivity contribution in [1.29, 1.82) is 0 Å². The number of carbonyl (C=O) groups is 1. The fourth-order valence-electron chi connectivity index (χ4n) is 1.95. The monoisotopic (exact) mass is 301 g/mol. The number of hydrogen-bond acceptors (Lipinski definition) is 5. The van der Waals surface area contributed by atoms with Gasteiger partial charge in [-0.2, -0.15) is 0 Å². The Morgan fingerprint density at radius 1 is 1.53 bits per heavy atom. The number of likely N-dealkylation sites (tertiary alicyclic amines) is 1. The summed E-state index contributed by atoms with van der Waals surface area (Å²) in [4.78, 5) is 20.5. The van der Waals surface area contributed by atoms with Gasteiger partial charge in [0.05, 0.1) is 4.47 Å². The van der Waals surface area contributed by atoms with E-state index >= 15 is 0 Å². The predicted molar refractivity (Wildman–Crippen MR) is 62.1 cm³/mol. The predicted octanol–water partition coefficient (Wildman–Crippen LogP) is 0.779. The van der Waals surface area contributed by atoms with Gasteiger partial charge in [0.15, 0.2) is 12.1 Å². The standard InChI is InChI=1S/C10H12BrN3O3/c11-6-4-12-8(13-5-6)9(15)14-3-1-2-7(14)10(16)17/h4-5,7,9,15H,1-3H2,(H,16,17)/t7-,9?/m0/s1. The number of aliphatic hydroxyl groups excluding tert-OH is 1. The molecule has 1 aromatic rings. The number of nitrogens with zero attached hydrogens (tertiary/aromatic N) is 3. The number of aromatic nitrogens is 2. The summed E-state index contributed by atoms with van der Waals surface area (Å²) < 4.78 is 0.713. The molecule has 1 saturated heterocycles. The number of carboxylic acid groups (broad SMARTS) is 1. The van der Waals surface area contributed by atoms with E-state index in [9.17, 15) is 9.90 Å². The van der Waals surface area contributed by atoms with Crippen molar-refractivity contribution in [3.05, 3.63) is 22.7 Å². The first-order valence-electron chi connectivity index (χ1n) is 5.23. The molecular weight excluding hydrogens is 290 g/mol. The Labute approximate surface area is 106 Å². The summed E-state index contributed by atoms with van der Waals surface area (Å²) >= 11 is 3.20. The molecule has 0 spiro atoms. The lowest BCUT2D eigenvalue weighted by Gasteiger charge is -2.25. The number of hydrogen-bond donors (Lipinski definition) is 2. The van der Waals surface area contributed by atoms with Gasteiger partial charge in [-0.1, -0.05) is 0 Å². The molecule has 1 aliphatic heterocycles. The minimum atomic E-state index is -1.06. The second-order valence-electron chi connectivity index (χ2n) is 3.87. The third-order valence-corrected chi connectivity index (χ3v) is 3.17. The van der Waals surface area contributed by atoms with E-state index in [1.807, 2.05) is 0 Å². The van der Waals surface area contributed by atoms with Gasteiger partial charge in [0.1, 0.15) is 6.04 Å². The van der Waals surface area contributed by atoms with Gasteiger partial charge in [-0.15, -0.1) is 0 Å². The average molecular weight is 302 g/mol. The van der Waals surface area contributed by atoms with Crippen LogP contribution >= 0.6 is 15.9 Å². The zero-order valence-corrected chi connectivity index (χ0v) is 10.5. The van der Waals surface area contributed by atoms with Crippen molar-refractivity contribution in [3.63, 3.8) is 0 Å². The molecule has 2 heterocycles. The first-order valence-corrected chi connectivity index (χ1v) is 6.03. The molecule has 1 aliphatic rings. The van der Waals surface area contributed by atoms with Gasteiger partial charge in [0, 0.05) is 18.9 Å². The molecule has 92 valence electrons. The smallest absolute Gasteiger partial charge is 0.321 e. The number of aliphatic carboxylic acids is 1. The van der Waals surface area contributed by atoms with E-state index in [4.69, 9.17) is 5.11 Å². The lowest BCUT2D eigenvalue weighted by molar-refractivity contribution is -0.146. The van der Waals surface area contributed by atoms with Crippen molar-refractivity contribution in [1.82, 2.24) is 14.9 Å². The first kappa shape index (κ1) is 12.4. The van der Waals surface area contributed by atoms with Gasteiger partial charge < -0.3 is 10.2 Å². The van der Waals surface area contributed by atoms with E-state index in [1.165, 1.54) is 17.3 Å². The zero-order valence-electron chi connectivity index (χ0n) is 8.95. The number of aliphatic hydroxyl groups is 1. The second kappa shape index (κ2) is 5.07. The van der Waals surface area contributed by atoms with Gasteiger partial charge in [-0.05, 0) is 28.8 Å². The van der Waals surface area contributed by atoms with Crippen molar-refractivity contribution >= 4 is 21.9 Å². The van der Waals surface area contributed by atoms with Crippen LogP contribution in [-0.4, -0.2) is 43.6 Å². The fraction of sp³-hybridized carbons (Fsp3) is 0.500. The Bertz CT molecular complexity index is 412. The lowest BCUT2D eigenvalue weighted by Crippen LogP contribution is -2.39. The van der Waals surface area contributed by atoms with Crippen molar-refractivity contribution < 1.29 is 15.0 Å². The van der Waals surface area contributed by atoms with Crippen LogP contribution in [-0.2, 0) is 4.79 Å². The molecule has 0 aliphatic carbocycles. The maximum absolute atomic E-state index is 11.0. The maximum atomic E-state index is 11.0. The molecule has 0 saturated carbocycles. The normalized spacial score (nSPS) is 22.6. The Morgan fingerprint density at radius 3 is 2.76 bits per heavy atom. The Kier molecular flexibility index (Phi) is 3.70. The van der Waals surface area contributed by atoms with E-state index < -0.39 is 18.2 Å². The summed E-state index contributed by atoms with van der Waals surface area (Å²) in [7, 11) is 0. The number of rotatable bonds is 3. The molecule has 2 rings (SSSR count). The molecule has 0 bridgehead atoms. The highest BCUT2D eigenvalue weighted by Gasteiger charge is 2.36. The third-order valence-electron chi connectivity index (χ3n) is 2.76. The van der Waals surface area contributed by atoms with Crippen molar-refractivity contribution in [2.24, 2.45) is 0 Å². The van der Waals surface area contributed by atoms with E-state index in [2.05, 4.69) is 25.9 Å². The molecule has 2 N–H and O–H groups in total. The van der Waals surface area contributed by atoms with E-state index in [0.717, 1.165) is 6.42 Å². The molecular formula is C10H12BrN3O3. The maximum Gasteiger partial charge on any atom is 0.321 e. The van der Waals surface area contributed by atoms with Crippen LogP contribution in [0.4, 0.5) is 0 Å². The number of halogens is 1. The van der Waals surface area contributed by atoms with Gasteiger partial charge in [-0.3, -0.25) is 9.69 Å². The Morgan fingerprint density at radius 2 is 2.18 bits per heavy atom. The largest absolute Gasteiger partial charge is 0.480 e. The van der Waals surface area contributed by atoms with E-state index in [1.54, 1.807) is 0 Å². The minimum absolute atomic E-state index is 0.223. The second-order valence-corrected chi connectivity index (χ2v) is 4.78. The Balaban J connectivity index is 2.16. The molecule has 0 aromatic carbocycles. The topological polar surface area (TPSA) is 86.5 Å². The van der Waals surface area contributed by atoms with Crippen LogP contribution in [0, 0.1) is 0 Å². The SMILES string of the molecule is O=C(O)[C@@H]1CCCN1C(O)c1ncc(Br)cn1. The lowest BCUT2D eigenvalue weighted by atomic mass is 10.2.